The first-order chi connectivity index (χ1) is 12.7. The average molecular weight is 402 g/mol. The lowest BCUT2D eigenvalue weighted by Gasteiger charge is -2.29. The molecule has 0 radical (unpaired) electrons. The van der Waals surface area contributed by atoms with E-state index in [0.717, 1.165) is 27.2 Å². The van der Waals surface area contributed by atoms with Gasteiger partial charge < -0.3 is 4.90 Å². The van der Waals surface area contributed by atoms with Crippen LogP contribution in [0.2, 0.25) is 5.02 Å². The summed E-state index contributed by atoms with van der Waals surface area (Å²) in [4.78, 5) is 20.4. The number of thioether (sulfide) groups is 2. The van der Waals surface area contributed by atoms with Crippen molar-refractivity contribution in [1.29, 1.82) is 0 Å². The second-order valence-electron chi connectivity index (χ2n) is 5.75. The fourth-order valence-corrected chi connectivity index (χ4v) is 4.65. The number of aromatic nitrogens is 2. The molecule has 0 aliphatic carbocycles. The first-order valence-electron chi connectivity index (χ1n) is 8.09. The molecule has 1 aliphatic heterocycles. The molecule has 7 heteroatoms. The van der Waals surface area contributed by atoms with Crippen molar-refractivity contribution in [1.82, 2.24) is 9.55 Å². The van der Waals surface area contributed by atoms with E-state index in [4.69, 9.17) is 11.6 Å². The SMILES string of the molecule is CSc1nccn1-c1cccc(C(=O)N2CCSc3ccc(Cl)cc32)c1. The Morgan fingerprint density at radius 2 is 2.15 bits per heavy atom. The molecule has 4 rings (SSSR count). The molecule has 4 nitrogen and oxygen atoms in total. The van der Waals surface area contributed by atoms with Gasteiger partial charge in [-0.15, -0.1) is 11.8 Å². The zero-order valence-electron chi connectivity index (χ0n) is 14.1. The quantitative estimate of drug-likeness (QED) is 0.579. The van der Waals surface area contributed by atoms with Crippen molar-refractivity contribution in [3.05, 3.63) is 65.4 Å². The molecule has 0 fully saturated rings. The molecule has 2 heterocycles. The average Bonchev–Trinajstić information content (AvgIpc) is 3.16. The predicted molar refractivity (Wildman–Crippen MR) is 109 cm³/mol. The monoisotopic (exact) mass is 401 g/mol. The van der Waals surface area contributed by atoms with Gasteiger partial charge in [0.2, 0.25) is 0 Å². The van der Waals surface area contributed by atoms with Crippen LogP contribution in [0.25, 0.3) is 5.69 Å². The van der Waals surface area contributed by atoms with Crippen LogP contribution in [0.1, 0.15) is 10.4 Å². The first kappa shape index (κ1) is 17.5. The lowest BCUT2D eigenvalue weighted by atomic mass is 10.1. The van der Waals surface area contributed by atoms with Gasteiger partial charge in [0, 0.05) is 45.9 Å². The second kappa shape index (κ2) is 7.39. The van der Waals surface area contributed by atoms with Crippen molar-refractivity contribution in [3.63, 3.8) is 0 Å². The number of amides is 1. The number of imidazole rings is 1. The van der Waals surface area contributed by atoms with E-state index >= 15 is 0 Å². The lowest BCUT2D eigenvalue weighted by Crippen LogP contribution is -2.35. The number of rotatable bonds is 3. The first-order valence-corrected chi connectivity index (χ1v) is 10.7. The Bertz CT molecular complexity index is 973. The van der Waals surface area contributed by atoms with E-state index in [1.54, 1.807) is 29.7 Å². The molecule has 1 aliphatic rings. The predicted octanol–water partition coefficient (Wildman–Crippen LogP) is 5.00. The standard InChI is InChI=1S/C19H16ClN3OS2/c1-25-19-21-7-8-22(19)15-4-2-3-13(11-15)18(24)23-9-10-26-17-6-5-14(20)12-16(17)23/h2-8,11-12H,9-10H2,1H3. The molecule has 0 N–H and O–H groups in total. The molecule has 132 valence electrons. The van der Waals surface area contributed by atoms with Crippen LogP contribution < -0.4 is 4.90 Å². The summed E-state index contributed by atoms with van der Waals surface area (Å²) in [7, 11) is 0. The van der Waals surface area contributed by atoms with Gasteiger partial charge in [0.05, 0.1) is 5.69 Å². The van der Waals surface area contributed by atoms with Crippen LogP contribution in [0.5, 0.6) is 0 Å². The summed E-state index contributed by atoms with van der Waals surface area (Å²) in [5.41, 5.74) is 2.47. The van der Waals surface area contributed by atoms with Crippen LogP contribution in [0, 0.1) is 0 Å². The summed E-state index contributed by atoms with van der Waals surface area (Å²) in [6, 6.07) is 13.4. The van der Waals surface area contributed by atoms with Crippen LogP contribution in [0.3, 0.4) is 0 Å². The van der Waals surface area contributed by atoms with Crippen molar-refractivity contribution in [3.8, 4) is 5.69 Å². The topological polar surface area (TPSA) is 38.1 Å². The van der Waals surface area contributed by atoms with Crippen LogP contribution >= 0.6 is 35.1 Å². The number of carbonyl (C=O) groups is 1. The fraction of sp³-hybridized carbons (Fsp3) is 0.158. The van der Waals surface area contributed by atoms with Gasteiger partial charge in [-0.3, -0.25) is 9.36 Å². The highest BCUT2D eigenvalue weighted by Gasteiger charge is 2.24. The third-order valence-electron chi connectivity index (χ3n) is 4.19. The van der Waals surface area contributed by atoms with E-state index in [9.17, 15) is 4.79 Å². The highest BCUT2D eigenvalue weighted by Crippen LogP contribution is 2.37. The summed E-state index contributed by atoms with van der Waals surface area (Å²) < 4.78 is 1.98. The van der Waals surface area contributed by atoms with Gasteiger partial charge in [-0.05, 0) is 42.7 Å². The Balaban J connectivity index is 1.70. The number of hydrogen-bond donors (Lipinski definition) is 0. The van der Waals surface area contributed by atoms with Crippen LogP contribution in [0.15, 0.2) is 64.9 Å². The Morgan fingerprint density at radius 1 is 1.27 bits per heavy atom. The lowest BCUT2D eigenvalue weighted by molar-refractivity contribution is 0.0987. The van der Waals surface area contributed by atoms with Crippen molar-refractivity contribution in [2.24, 2.45) is 0 Å². The summed E-state index contributed by atoms with van der Waals surface area (Å²) >= 11 is 9.48. The molecule has 2 aromatic carbocycles. The van der Waals surface area contributed by atoms with Crippen molar-refractivity contribution in [2.75, 3.05) is 23.5 Å². The minimum absolute atomic E-state index is 0.0125. The van der Waals surface area contributed by atoms with Gasteiger partial charge in [-0.25, -0.2) is 4.98 Å². The fourth-order valence-electron chi connectivity index (χ4n) is 2.98. The van der Waals surface area contributed by atoms with Crippen LogP contribution in [-0.4, -0.2) is 34.0 Å². The molecule has 0 saturated heterocycles. The van der Waals surface area contributed by atoms with Gasteiger partial charge in [-0.2, -0.15) is 0 Å². The van der Waals surface area contributed by atoms with E-state index < -0.39 is 0 Å². The van der Waals surface area contributed by atoms with Gasteiger partial charge in [0.25, 0.3) is 5.91 Å². The maximum absolute atomic E-state index is 13.2. The number of carbonyl (C=O) groups excluding carboxylic acids is 1. The third-order valence-corrected chi connectivity index (χ3v) is 6.14. The summed E-state index contributed by atoms with van der Waals surface area (Å²) in [6.45, 7) is 0.669. The number of nitrogens with zero attached hydrogens (tertiary/aromatic N) is 3. The van der Waals surface area contributed by atoms with E-state index in [1.807, 2.05) is 64.4 Å². The van der Waals surface area contributed by atoms with Crippen molar-refractivity contribution in [2.45, 2.75) is 10.1 Å². The maximum Gasteiger partial charge on any atom is 0.258 e. The molecule has 1 aromatic heterocycles. The third kappa shape index (κ3) is 3.24. The Hall–Kier alpha value is -1.89. The molecule has 0 unspecified atom stereocenters. The highest BCUT2D eigenvalue weighted by atomic mass is 35.5. The van der Waals surface area contributed by atoms with E-state index in [-0.39, 0.29) is 5.91 Å². The summed E-state index contributed by atoms with van der Waals surface area (Å²) in [5.74, 6) is 0.861. The molecule has 3 aromatic rings. The number of anilines is 1. The second-order valence-corrected chi connectivity index (χ2v) is 8.10. The normalized spacial score (nSPS) is 13.5. The molecule has 0 bridgehead atoms. The molecule has 0 spiro atoms. The van der Waals surface area contributed by atoms with E-state index in [0.29, 0.717) is 17.1 Å². The van der Waals surface area contributed by atoms with Crippen molar-refractivity contribution >= 4 is 46.7 Å². The number of halogens is 1. The molecule has 1 amide bonds. The maximum atomic E-state index is 13.2. The van der Waals surface area contributed by atoms with Crippen LogP contribution in [-0.2, 0) is 0 Å². The van der Waals surface area contributed by atoms with Crippen molar-refractivity contribution < 1.29 is 4.79 Å². The summed E-state index contributed by atoms with van der Waals surface area (Å²) in [5, 5.41) is 1.53. The minimum atomic E-state index is -0.0125. The highest BCUT2D eigenvalue weighted by molar-refractivity contribution is 7.99. The molecule has 26 heavy (non-hydrogen) atoms. The largest absolute Gasteiger partial charge is 0.306 e. The van der Waals surface area contributed by atoms with E-state index in [1.165, 1.54) is 0 Å². The van der Waals surface area contributed by atoms with Crippen LogP contribution in [0.4, 0.5) is 5.69 Å². The zero-order valence-corrected chi connectivity index (χ0v) is 16.4. The Labute approximate surface area is 165 Å². The number of hydrogen-bond acceptors (Lipinski definition) is 4. The molecule has 0 saturated carbocycles. The van der Waals surface area contributed by atoms with Gasteiger partial charge >= 0.3 is 0 Å². The van der Waals surface area contributed by atoms with Gasteiger partial charge in [0.1, 0.15) is 0 Å². The minimum Gasteiger partial charge on any atom is -0.306 e. The molecule has 0 atom stereocenters. The molecular weight excluding hydrogens is 386 g/mol. The summed E-state index contributed by atoms with van der Waals surface area (Å²) in [6.07, 6.45) is 5.66. The zero-order chi connectivity index (χ0) is 18.1. The number of benzene rings is 2. The smallest absolute Gasteiger partial charge is 0.258 e. The van der Waals surface area contributed by atoms with Gasteiger partial charge in [0.15, 0.2) is 5.16 Å². The van der Waals surface area contributed by atoms with Gasteiger partial charge in [-0.1, -0.05) is 29.4 Å². The Kier molecular flexibility index (Phi) is 4.98. The Morgan fingerprint density at radius 3 is 3.00 bits per heavy atom. The van der Waals surface area contributed by atoms with E-state index in [2.05, 4.69) is 4.98 Å². The molecular formula is C19H16ClN3OS2. The number of fused-ring (bicyclic) bond motifs is 1.